The van der Waals surface area contributed by atoms with Gasteiger partial charge in [0.15, 0.2) is 0 Å². The topological polar surface area (TPSA) is 43.1 Å². The number of hydrogen-bond acceptors (Lipinski definition) is 2. The fourth-order valence-corrected chi connectivity index (χ4v) is 2.98. The Morgan fingerprint density at radius 2 is 2.12 bits per heavy atom. The standard InChI is InChI=1S/C12H15BrClNO2/c1-8(2)5-10(13)6-9-3-4-11(14)7-12(9)15(16)17/h3-4,7-8,10H,5-6H2,1-2H3. The van der Waals surface area contributed by atoms with Crippen molar-refractivity contribution in [3.63, 3.8) is 0 Å². The van der Waals surface area contributed by atoms with Crippen LogP contribution >= 0.6 is 27.5 Å². The van der Waals surface area contributed by atoms with Crippen LogP contribution in [0.4, 0.5) is 5.69 Å². The molecule has 0 N–H and O–H groups in total. The smallest absolute Gasteiger partial charge is 0.258 e. The molecule has 1 unspecified atom stereocenters. The van der Waals surface area contributed by atoms with E-state index < -0.39 is 0 Å². The molecule has 0 aliphatic rings. The Kier molecular flexibility index (Phi) is 5.40. The van der Waals surface area contributed by atoms with Crippen molar-refractivity contribution >= 4 is 33.2 Å². The molecule has 0 bridgehead atoms. The first-order valence-electron chi connectivity index (χ1n) is 5.47. The minimum absolute atomic E-state index is 0.103. The molecule has 1 atom stereocenters. The molecule has 0 radical (unpaired) electrons. The Morgan fingerprint density at radius 1 is 1.47 bits per heavy atom. The number of rotatable bonds is 5. The summed E-state index contributed by atoms with van der Waals surface area (Å²) in [5.74, 6) is 0.561. The van der Waals surface area contributed by atoms with Crippen molar-refractivity contribution in [2.45, 2.75) is 31.5 Å². The Labute approximate surface area is 114 Å². The maximum absolute atomic E-state index is 10.9. The van der Waals surface area contributed by atoms with Gasteiger partial charge in [0, 0.05) is 21.5 Å². The minimum atomic E-state index is -0.379. The third-order valence-corrected chi connectivity index (χ3v) is 3.35. The molecule has 0 aliphatic carbocycles. The number of nitrogens with zero attached hydrogens (tertiary/aromatic N) is 1. The summed E-state index contributed by atoms with van der Waals surface area (Å²) in [6, 6.07) is 4.83. The summed E-state index contributed by atoms with van der Waals surface area (Å²) in [5, 5.41) is 11.3. The van der Waals surface area contributed by atoms with Gasteiger partial charge in [-0.3, -0.25) is 10.1 Å². The molecule has 5 heteroatoms. The molecule has 1 rings (SSSR count). The van der Waals surface area contributed by atoms with Crippen molar-refractivity contribution in [3.05, 3.63) is 38.9 Å². The van der Waals surface area contributed by atoms with Gasteiger partial charge < -0.3 is 0 Å². The summed E-state index contributed by atoms with van der Waals surface area (Å²) in [6.45, 7) is 4.26. The number of halogens is 2. The molecule has 3 nitrogen and oxygen atoms in total. The van der Waals surface area contributed by atoms with Crippen LogP contribution in [-0.2, 0) is 6.42 Å². The monoisotopic (exact) mass is 319 g/mol. The fourth-order valence-electron chi connectivity index (χ4n) is 1.71. The number of hydrogen-bond donors (Lipinski definition) is 0. The first-order valence-corrected chi connectivity index (χ1v) is 6.76. The highest BCUT2D eigenvalue weighted by atomic mass is 79.9. The normalized spacial score (nSPS) is 12.8. The lowest BCUT2D eigenvalue weighted by Gasteiger charge is -2.12. The van der Waals surface area contributed by atoms with Gasteiger partial charge in [-0.15, -0.1) is 0 Å². The van der Waals surface area contributed by atoms with Crippen molar-refractivity contribution in [2.75, 3.05) is 0 Å². The van der Waals surface area contributed by atoms with Crippen LogP contribution in [0.2, 0.25) is 5.02 Å². The number of nitro groups is 1. The van der Waals surface area contributed by atoms with Crippen LogP contribution in [0.15, 0.2) is 18.2 Å². The molecule has 0 saturated heterocycles. The third kappa shape index (κ3) is 4.64. The zero-order chi connectivity index (χ0) is 13.0. The highest BCUT2D eigenvalue weighted by Gasteiger charge is 2.17. The molecular weight excluding hydrogens is 305 g/mol. The molecule has 0 saturated carbocycles. The Morgan fingerprint density at radius 3 is 2.65 bits per heavy atom. The van der Waals surface area contributed by atoms with E-state index in [4.69, 9.17) is 11.6 Å². The second-order valence-corrected chi connectivity index (χ2v) is 6.19. The van der Waals surface area contributed by atoms with Crippen molar-refractivity contribution in [2.24, 2.45) is 5.92 Å². The lowest BCUT2D eigenvalue weighted by Crippen LogP contribution is -2.08. The molecule has 1 aromatic rings. The number of alkyl halides is 1. The largest absolute Gasteiger partial charge is 0.274 e. The second-order valence-electron chi connectivity index (χ2n) is 4.46. The van der Waals surface area contributed by atoms with Crippen molar-refractivity contribution in [3.8, 4) is 0 Å². The van der Waals surface area contributed by atoms with Gasteiger partial charge in [-0.25, -0.2) is 0 Å². The van der Waals surface area contributed by atoms with E-state index in [-0.39, 0.29) is 15.4 Å². The molecular formula is C12H15BrClNO2. The summed E-state index contributed by atoms with van der Waals surface area (Å²) in [4.78, 5) is 10.8. The van der Waals surface area contributed by atoms with Crippen LogP contribution in [0.25, 0.3) is 0 Å². The quantitative estimate of drug-likeness (QED) is 0.452. The summed E-state index contributed by atoms with van der Waals surface area (Å²) < 4.78 is 0. The Balaban J connectivity index is 2.86. The van der Waals surface area contributed by atoms with Gasteiger partial charge in [0.1, 0.15) is 0 Å². The van der Waals surface area contributed by atoms with Gasteiger partial charge in [0.05, 0.1) is 4.92 Å². The zero-order valence-corrected chi connectivity index (χ0v) is 12.2. The van der Waals surface area contributed by atoms with Crippen molar-refractivity contribution < 1.29 is 4.92 Å². The molecule has 0 amide bonds. The van der Waals surface area contributed by atoms with Gasteiger partial charge in [-0.1, -0.05) is 47.4 Å². The third-order valence-electron chi connectivity index (χ3n) is 2.41. The first kappa shape index (κ1) is 14.5. The van der Waals surface area contributed by atoms with Gasteiger partial charge >= 0.3 is 0 Å². The average molecular weight is 321 g/mol. The number of benzene rings is 1. The van der Waals surface area contributed by atoms with E-state index in [0.29, 0.717) is 17.4 Å². The van der Waals surface area contributed by atoms with Crippen molar-refractivity contribution in [1.82, 2.24) is 0 Å². The van der Waals surface area contributed by atoms with E-state index in [2.05, 4.69) is 29.8 Å². The number of nitro benzene ring substituents is 1. The summed E-state index contributed by atoms with van der Waals surface area (Å²) in [7, 11) is 0. The predicted octanol–water partition coefficient (Wildman–Crippen LogP) is 4.60. The van der Waals surface area contributed by atoms with E-state index in [1.165, 1.54) is 6.07 Å². The molecule has 0 fully saturated rings. The summed E-state index contributed by atoms with van der Waals surface area (Å²) in [6.07, 6.45) is 1.63. The van der Waals surface area contributed by atoms with E-state index >= 15 is 0 Å². The van der Waals surface area contributed by atoms with E-state index in [9.17, 15) is 10.1 Å². The van der Waals surface area contributed by atoms with E-state index in [0.717, 1.165) is 12.0 Å². The lowest BCUT2D eigenvalue weighted by atomic mass is 10.0. The summed E-state index contributed by atoms with van der Waals surface area (Å²) >= 11 is 9.33. The fraction of sp³-hybridized carbons (Fsp3) is 0.500. The SMILES string of the molecule is CC(C)CC(Br)Cc1ccc(Cl)cc1[N+](=O)[O-]. The minimum Gasteiger partial charge on any atom is -0.258 e. The molecule has 0 aliphatic heterocycles. The zero-order valence-electron chi connectivity index (χ0n) is 9.82. The molecule has 0 aromatic heterocycles. The van der Waals surface area contributed by atoms with Crippen LogP contribution < -0.4 is 0 Å². The van der Waals surface area contributed by atoms with E-state index in [1.54, 1.807) is 12.1 Å². The summed E-state index contributed by atoms with van der Waals surface area (Å²) in [5.41, 5.74) is 0.827. The van der Waals surface area contributed by atoms with Gasteiger partial charge in [0.2, 0.25) is 0 Å². The van der Waals surface area contributed by atoms with Crippen LogP contribution in [0.1, 0.15) is 25.8 Å². The van der Waals surface area contributed by atoms with Crippen LogP contribution in [0.3, 0.4) is 0 Å². The highest BCUT2D eigenvalue weighted by molar-refractivity contribution is 9.09. The molecule has 17 heavy (non-hydrogen) atoms. The molecule has 0 spiro atoms. The maximum Gasteiger partial charge on any atom is 0.274 e. The molecule has 1 aromatic carbocycles. The molecule has 0 heterocycles. The highest BCUT2D eigenvalue weighted by Crippen LogP contribution is 2.27. The van der Waals surface area contributed by atoms with Gasteiger partial charge in [0.25, 0.3) is 5.69 Å². The Bertz CT molecular complexity index is 409. The van der Waals surface area contributed by atoms with Gasteiger partial charge in [-0.2, -0.15) is 0 Å². The van der Waals surface area contributed by atoms with Gasteiger partial charge in [-0.05, 0) is 24.8 Å². The average Bonchev–Trinajstić information content (AvgIpc) is 2.19. The predicted molar refractivity (Wildman–Crippen MR) is 74.0 cm³/mol. The van der Waals surface area contributed by atoms with E-state index in [1.807, 2.05) is 0 Å². The molecule has 94 valence electrons. The second kappa shape index (κ2) is 6.36. The first-order chi connectivity index (χ1) is 7.90. The Hall–Kier alpha value is -0.610. The van der Waals surface area contributed by atoms with Crippen LogP contribution in [0, 0.1) is 16.0 Å². The van der Waals surface area contributed by atoms with Crippen molar-refractivity contribution in [1.29, 1.82) is 0 Å². The van der Waals surface area contributed by atoms with Crippen LogP contribution in [-0.4, -0.2) is 9.75 Å². The lowest BCUT2D eigenvalue weighted by molar-refractivity contribution is -0.385. The maximum atomic E-state index is 10.9. The van der Waals surface area contributed by atoms with Crippen LogP contribution in [0.5, 0.6) is 0 Å².